The SMILES string of the molecule is C=C=C(C(=O)OCc1ccc([N+](=O)[O-])cc1)N1C(=O)[C@@H](NC(=O)COc2ccccc2)[C@H]1SS(=O)(=O)c1ccccc1C. The summed E-state index contributed by atoms with van der Waals surface area (Å²) in [7, 11) is -3.72. The highest BCUT2D eigenvalue weighted by Crippen LogP contribution is 2.40. The van der Waals surface area contributed by atoms with Crippen LogP contribution < -0.4 is 10.1 Å². The first-order valence-electron chi connectivity index (χ1n) is 12.6. The molecule has 0 aliphatic carbocycles. The smallest absolute Gasteiger partial charge is 0.363 e. The molecule has 4 rings (SSSR count). The molecule has 43 heavy (non-hydrogen) atoms. The monoisotopic (exact) mass is 623 g/mol. The average molecular weight is 624 g/mol. The van der Waals surface area contributed by atoms with Gasteiger partial charge in [0.2, 0.25) is 8.87 Å². The minimum Gasteiger partial charge on any atom is -0.484 e. The van der Waals surface area contributed by atoms with E-state index < -0.39 is 55.3 Å². The zero-order valence-corrected chi connectivity index (χ0v) is 24.3. The van der Waals surface area contributed by atoms with Gasteiger partial charge in [-0.15, -0.1) is 0 Å². The number of benzene rings is 3. The van der Waals surface area contributed by atoms with E-state index in [0.717, 1.165) is 4.90 Å². The van der Waals surface area contributed by atoms with Crippen LogP contribution >= 0.6 is 10.8 Å². The Balaban J connectivity index is 1.53. The zero-order chi connectivity index (χ0) is 31.1. The highest BCUT2D eigenvalue weighted by molar-refractivity contribution is 8.72. The number of hydrogen-bond acceptors (Lipinski definition) is 10. The summed E-state index contributed by atoms with van der Waals surface area (Å²) in [5.74, 6) is -2.10. The van der Waals surface area contributed by atoms with Gasteiger partial charge in [0.05, 0.1) is 9.82 Å². The molecule has 0 unspecified atom stereocenters. The number of para-hydroxylation sites is 1. The van der Waals surface area contributed by atoms with Crippen molar-refractivity contribution in [2.24, 2.45) is 0 Å². The van der Waals surface area contributed by atoms with Crippen LogP contribution in [0.3, 0.4) is 0 Å². The van der Waals surface area contributed by atoms with E-state index in [0.29, 0.717) is 27.7 Å². The lowest BCUT2D eigenvalue weighted by molar-refractivity contribution is -0.384. The van der Waals surface area contributed by atoms with Crippen LogP contribution in [0.25, 0.3) is 0 Å². The van der Waals surface area contributed by atoms with E-state index in [1.165, 1.54) is 30.3 Å². The van der Waals surface area contributed by atoms with Crippen molar-refractivity contribution in [1.29, 1.82) is 0 Å². The van der Waals surface area contributed by atoms with Gasteiger partial charge in [0, 0.05) is 22.9 Å². The first kappa shape index (κ1) is 31.0. The first-order chi connectivity index (χ1) is 20.5. The van der Waals surface area contributed by atoms with Gasteiger partial charge in [0.15, 0.2) is 12.3 Å². The Kier molecular flexibility index (Phi) is 9.66. The summed E-state index contributed by atoms with van der Waals surface area (Å²) in [4.78, 5) is 50.1. The Labute approximate surface area is 250 Å². The number of hydrogen-bond donors (Lipinski definition) is 1. The predicted molar refractivity (Wildman–Crippen MR) is 156 cm³/mol. The largest absolute Gasteiger partial charge is 0.484 e. The molecule has 1 saturated heterocycles. The molecular formula is C29H25N3O9S2. The number of carbonyl (C=O) groups is 3. The standard InChI is InChI=1S/C29H25N3O9S2/c1-3-23(29(35)41-17-20-13-15-21(16-14-20)32(36)37)31-27(34)26(30-25(33)18-40-22-10-5-4-6-11-22)28(31)42-43(38,39)24-12-8-7-9-19(24)2/h4-16,26,28H,1,17-18H2,2H3,(H,30,33)/t26-,28-/m1/s1. The molecule has 3 aromatic rings. The number of nitro groups is 1. The molecule has 1 heterocycles. The molecule has 0 bridgehead atoms. The quantitative estimate of drug-likeness (QED) is 0.0601. The van der Waals surface area contributed by atoms with Gasteiger partial charge < -0.3 is 14.8 Å². The van der Waals surface area contributed by atoms with E-state index in [1.54, 1.807) is 55.5 Å². The van der Waals surface area contributed by atoms with E-state index >= 15 is 0 Å². The topological polar surface area (TPSA) is 162 Å². The van der Waals surface area contributed by atoms with E-state index in [1.807, 2.05) is 0 Å². The van der Waals surface area contributed by atoms with Crippen LogP contribution in [-0.2, 0) is 34.6 Å². The van der Waals surface area contributed by atoms with Crippen molar-refractivity contribution >= 4 is 43.1 Å². The number of amides is 2. The number of β-lactam (4-membered cyclic amide) rings is 1. The summed E-state index contributed by atoms with van der Waals surface area (Å²) in [6.07, 6.45) is 0. The molecule has 0 saturated carbocycles. The lowest BCUT2D eigenvalue weighted by Crippen LogP contribution is -2.69. The fourth-order valence-corrected chi connectivity index (χ4v) is 7.92. The van der Waals surface area contributed by atoms with Gasteiger partial charge in [-0.1, -0.05) is 48.7 Å². The van der Waals surface area contributed by atoms with Crippen LogP contribution in [0.15, 0.2) is 102 Å². The van der Waals surface area contributed by atoms with Gasteiger partial charge in [0.1, 0.15) is 23.8 Å². The lowest BCUT2D eigenvalue weighted by Gasteiger charge is -2.45. The molecule has 14 heteroatoms. The van der Waals surface area contributed by atoms with Crippen LogP contribution in [0, 0.1) is 17.0 Å². The van der Waals surface area contributed by atoms with E-state index in [4.69, 9.17) is 9.47 Å². The van der Waals surface area contributed by atoms with Crippen LogP contribution in [0.1, 0.15) is 11.1 Å². The van der Waals surface area contributed by atoms with Gasteiger partial charge in [0.25, 0.3) is 17.5 Å². The molecule has 1 aliphatic heterocycles. The second kappa shape index (κ2) is 13.4. The van der Waals surface area contributed by atoms with Crippen LogP contribution in [0.5, 0.6) is 5.75 Å². The van der Waals surface area contributed by atoms with Crippen molar-refractivity contribution in [1.82, 2.24) is 10.2 Å². The predicted octanol–water partition coefficient (Wildman–Crippen LogP) is 3.47. The van der Waals surface area contributed by atoms with Crippen LogP contribution in [0.2, 0.25) is 0 Å². The molecule has 3 aromatic carbocycles. The third-order valence-electron chi connectivity index (χ3n) is 6.18. The maximum Gasteiger partial charge on any atom is 0.363 e. The molecule has 0 aromatic heterocycles. The van der Waals surface area contributed by atoms with Crippen molar-refractivity contribution in [2.45, 2.75) is 29.8 Å². The minimum absolute atomic E-state index is 0.00154. The van der Waals surface area contributed by atoms with Gasteiger partial charge in [-0.25, -0.2) is 13.2 Å². The van der Waals surface area contributed by atoms with Crippen molar-refractivity contribution in [2.75, 3.05) is 6.61 Å². The van der Waals surface area contributed by atoms with E-state index in [9.17, 15) is 32.9 Å². The minimum atomic E-state index is -4.09. The van der Waals surface area contributed by atoms with Gasteiger partial charge in [-0.3, -0.25) is 24.6 Å². The Bertz CT molecular complexity index is 1700. The second-order valence-electron chi connectivity index (χ2n) is 9.09. The molecular weight excluding hydrogens is 598 g/mol. The first-order valence-corrected chi connectivity index (χ1v) is 15.5. The second-order valence-corrected chi connectivity index (χ2v) is 13.0. The number of rotatable bonds is 12. The molecule has 0 spiro atoms. The van der Waals surface area contributed by atoms with Gasteiger partial charge in [-0.2, -0.15) is 0 Å². The Morgan fingerprint density at radius 1 is 1.07 bits per heavy atom. The Morgan fingerprint density at radius 3 is 2.35 bits per heavy atom. The number of carbonyl (C=O) groups excluding carboxylic acids is 3. The van der Waals surface area contributed by atoms with Gasteiger partial charge >= 0.3 is 5.97 Å². The maximum atomic E-state index is 13.4. The molecule has 1 fully saturated rings. The number of nitrogens with one attached hydrogen (secondary N) is 1. The Morgan fingerprint density at radius 2 is 1.72 bits per heavy atom. The molecule has 222 valence electrons. The van der Waals surface area contributed by atoms with E-state index in [-0.39, 0.29) is 17.2 Å². The summed E-state index contributed by atoms with van der Waals surface area (Å²) < 4.78 is 37.5. The van der Waals surface area contributed by atoms with Crippen molar-refractivity contribution in [3.8, 4) is 5.75 Å². The van der Waals surface area contributed by atoms with Crippen molar-refractivity contribution in [3.05, 3.63) is 118 Å². The normalized spacial score (nSPS) is 15.9. The maximum absolute atomic E-state index is 13.4. The van der Waals surface area contributed by atoms with Gasteiger partial charge in [-0.05, 0) is 48.4 Å². The summed E-state index contributed by atoms with van der Waals surface area (Å²) in [5.41, 5.74) is 2.62. The number of nitrogens with zero attached hydrogens (tertiary/aromatic N) is 2. The summed E-state index contributed by atoms with van der Waals surface area (Å²) >= 11 is 0. The lowest BCUT2D eigenvalue weighted by atomic mass is 10.1. The third-order valence-corrected chi connectivity index (χ3v) is 10.0. The molecule has 1 N–H and O–H groups in total. The highest BCUT2D eigenvalue weighted by Gasteiger charge is 2.54. The molecule has 1 aliphatic rings. The Hall–Kier alpha value is -4.91. The summed E-state index contributed by atoms with van der Waals surface area (Å²) in [6.45, 7) is 4.32. The van der Waals surface area contributed by atoms with Crippen molar-refractivity contribution < 1.29 is 37.2 Å². The molecule has 0 radical (unpaired) electrons. The van der Waals surface area contributed by atoms with Crippen LogP contribution in [0.4, 0.5) is 5.69 Å². The summed E-state index contributed by atoms with van der Waals surface area (Å²) in [5, 5.41) is 12.1. The summed E-state index contributed by atoms with van der Waals surface area (Å²) in [6, 6.07) is 18.7. The molecule has 2 amide bonds. The molecule has 2 atom stereocenters. The average Bonchev–Trinajstić information content (AvgIpc) is 3.00. The number of ether oxygens (including phenoxy) is 2. The third kappa shape index (κ3) is 7.30. The fourth-order valence-electron chi connectivity index (χ4n) is 4.02. The fraction of sp³-hybridized carbons (Fsp3) is 0.172. The van der Waals surface area contributed by atoms with Crippen molar-refractivity contribution in [3.63, 3.8) is 0 Å². The number of likely N-dealkylation sites (tertiary alicyclic amines) is 1. The zero-order valence-electron chi connectivity index (χ0n) is 22.7. The number of nitro benzene ring substituents is 1. The number of non-ortho nitro benzene ring substituents is 1. The highest BCUT2D eigenvalue weighted by atomic mass is 33.1. The number of aryl methyl sites for hydroxylation is 1. The molecule has 12 nitrogen and oxygen atoms in total. The van der Waals surface area contributed by atoms with Crippen LogP contribution in [-0.4, -0.2) is 54.0 Å². The number of esters is 1. The van der Waals surface area contributed by atoms with E-state index in [2.05, 4.69) is 17.6 Å².